The molecule has 0 aliphatic rings. The standard InChI is InChI=1S/C28H31N5O4/c1-18-23-12-20(21-14-25(35-4)28(36-5)30-15-21)13-24(27(23)32-17-31-18)19-6-8-22(9-7-19)37-16-26(34)29-10-11-33(2)3/h6-9,12-15,17H,10-11,16H2,1-5H3,(H,29,34). The second-order valence-corrected chi connectivity index (χ2v) is 8.78. The molecule has 0 saturated heterocycles. The average molecular weight is 502 g/mol. The first-order chi connectivity index (χ1) is 17.9. The Kier molecular flexibility index (Phi) is 8.15. The topological polar surface area (TPSA) is 98.7 Å². The summed E-state index contributed by atoms with van der Waals surface area (Å²) in [6.07, 6.45) is 3.33. The van der Waals surface area contributed by atoms with Crippen molar-refractivity contribution >= 4 is 16.8 Å². The van der Waals surface area contributed by atoms with E-state index in [0.29, 0.717) is 23.9 Å². The zero-order valence-electron chi connectivity index (χ0n) is 21.7. The predicted octanol–water partition coefficient (Wildman–Crippen LogP) is 3.74. The fraction of sp³-hybridized carbons (Fsp3) is 0.286. The number of aromatic nitrogens is 3. The lowest BCUT2D eigenvalue weighted by Gasteiger charge is -2.14. The summed E-state index contributed by atoms with van der Waals surface area (Å²) >= 11 is 0. The number of carbonyl (C=O) groups excluding carboxylic acids is 1. The van der Waals surface area contributed by atoms with Crippen molar-refractivity contribution in [3.05, 3.63) is 60.7 Å². The van der Waals surface area contributed by atoms with Crippen LogP contribution >= 0.6 is 0 Å². The molecule has 1 amide bonds. The molecular formula is C28H31N5O4. The van der Waals surface area contributed by atoms with Crippen molar-refractivity contribution in [1.29, 1.82) is 0 Å². The Morgan fingerprint density at radius 2 is 1.73 bits per heavy atom. The minimum absolute atomic E-state index is 0.0378. The number of methoxy groups -OCH3 is 2. The van der Waals surface area contributed by atoms with Crippen LogP contribution in [0.25, 0.3) is 33.2 Å². The number of carbonyl (C=O) groups is 1. The molecule has 2 aromatic carbocycles. The van der Waals surface area contributed by atoms with Crippen molar-refractivity contribution in [2.24, 2.45) is 0 Å². The molecular weight excluding hydrogens is 470 g/mol. The van der Waals surface area contributed by atoms with Crippen molar-refractivity contribution in [3.8, 4) is 39.6 Å². The van der Waals surface area contributed by atoms with Gasteiger partial charge < -0.3 is 24.4 Å². The number of fused-ring (bicyclic) bond motifs is 1. The van der Waals surface area contributed by atoms with Crippen molar-refractivity contribution in [2.45, 2.75) is 6.92 Å². The fourth-order valence-electron chi connectivity index (χ4n) is 3.92. The van der Waals surface area contributed by atoms with E-state index in [4.69, 9.17) is 14.2 Å². The second kappa shape index (κ2) is 11.7. The third-order valence-corrected chi connectivity index (χ3v) is 5.92. The Bertz CT molecular complexity index is 1390. The molecule has 0 aliphatic heterocycles. The maximum absolute atomic E-state index is 12.0. The number of amides is 1. The highest BCUT2D eigenvalue weighted by molar-refractivity contribution is 5.98. The smallest absolute Gasteiger partial charge is 0.257 e. The molecule has 4 aromatic rings. The zero-order valence-corrected chi connectivity index (χ0v) is 21.7. The summed E-state index contributed by atoms with van der Waals surface area (Å²) in [6.45, 7) is 3.28. The number of aryl methyl sites for hydroxylation is 1. The summed E-state index contributed by atoms with van der Waals surface area (Å²) in [4.78, 5) is 27.4. The van der Waals surface area contributed by atoms with E-state index in [9.17, 15) is 4.79 Å². The van der Waals surface area contributed by atoms with Crippen LogP contribution in [0.3, 0.4) is 0 Å². The number of hydrogen-bond acceptors (Lipinski definition) is 8. The van der Waals surface area contributed by atoms with Crippen molar-refractivity contribution < 1.29 is 19.0 Å². The van der Waals surface area contributed by atoms with Crippen LogP contribution in [-0.4, -0.2) is 73.8 Å². The highest BCUT2D eigenvalue weighted by atomic mass is 16.5. The van der Waals surface area contributed by atoms with Gasteiger partial charge in [-0.25, -0.2) is 15.0 Å². The van der Waals surface area contributed by atoms with Crippen molar-refractivity contribution in [3.63, 3.8) is 0 Å². The van der Waals surface area contributed by atoms with Gasteiger partial charge in [-0.1, -0.05) is 12.1 Å². The van der Waals surface area contributed by atoms with Crippen LogP contribution in [0.5, 0.6) is 17.4 Å². The number of nitrogens with one attached hydrogen (secondary N) is 1. The summed E-state index contributed by atoms with van der Waals surface area (Å²) in [7, 11) is 7.07. The SMILES string of the molecule is COc1cc(-c2cc(-c3ccc(OCC(=O)NCCN(C)C)cc3)c3ncnc(C)c3c2)cnc1OC. The van der Waals surface area contributed by atoms with Gasteiger partial charge in [-0.2, -0.15) is 0 Å². The number of benzene rings is 2. The van der Waals surface area contributed by atoms with E-state index in [2.05, 4.69) is 32.4 Å². The highest BCUT2D eigenvalue weighted by Crippen LogP contribution is 2.36. The van der Waals surface area contributed by atoms with Gasteiger partial charge in [-0.15, -0.1) is 0 Å². The minimum Gasteiger partial charge on any atom is -0.491 e. The van der Waals surface area contributed by atoms with E-state index < -0.39 is 0 Å². The van der Waals surface area contributed by atoms with Crippen LogP contribution in [0.2, 0.25) is 0 Å². The molecule has 9 heteroatoms. The number of nitrogens with zero attached hydrogens (tertiary/aromatic N) is 4. The lowest BCUT2D eigenvalue weighted by atomic mass is 9.95. The summed E-state index contributed by atoms with van der Waals surface area (Å²) in [5.74, 6) is 1.44. The van der Waals surface area contributed by atoms with Crippen molar-refractivity contribution in [2.75, 3.05) is 48.0 Å². The van der Waals surface area contributed by atoms with Gasteiger partial charge >= 0.3 is 0 Å². The first kappa shape index (κ1) is 25.8. The summed E-state index contributed by atoms with van der Waals surface area (Å²) in [5.41, 5.74) is 5.45. The first-order valence-corrected chi connectivity index (χ1v) is 11.9. The quantitative estimate of drug-likeness (QED) is 0.351. The van der Waals surface area contributed by atoms with Gasteiger partial charge in [0.05, 0.1) is 19.7 Å². The number of ether oxygens (including phenoxy) is 3. The number of rotatable bonds is 10. The fourth-order valence-corrected chi connectivity index (χ4v) is 3.92. The molecule has 0 unspecified atom stereocenters. The predicted molar refractivity (Wildman–Crippen MR) is 143 cm³/mol. The van der Waals surface area contributed by atoms with Crippen LogP contribution in [0.1, 0.15) is 5.69 Å². The summed E-state index contributed by atoms with van der Waals surface area (Å²) in [6, 6.07) is 13.7. The minimum atomic E-state index is -0.152. The molecule has 1 N–H and O–H groups in total. The van der Waals surface area contributed by atoms with E-state index in [1.54, 1.807) is 26.7 Å². The third kappa shape index (κ3) is 6.13. The Hall–Kier alpha value is -4.24. The zero-order chi connectivity index (χ0) is 26.4. The maximum Gasteiger partial charge on any atom is 0.257 e. The molecule has 0 bridgehead atoms. The molecule has 2 heterocycles. The van der Waals surface area contributed by atoms with Crippen LogP contribution < -0.4 is 19.5 Å². The van der Waals surface area contributed by atoms with Crippen LogP contribution in [-0.2, 0) is 4.79 Å². The van der Waals surface area contributed by atoms with E-state index in [1.165, 1.54) is 0 Å². The molecule has 0 aliphatic carbocycles. The molecule has 0 radical (unpaired) electrons. The van der Waals surface area contributed by atoms with Crippen LogP contribution in [0.15, 0.2) is 55.0 Å². The van der Waals surface area contributed by atoms with Gasteiger partial charge in [0.1, 0.15) is 12.1 Å². The Labute approximate surface area is 216 Å². The van der Waals surface area contributed by atoms with Crippen molar-refractivity contribution in [1.82, 2.24) is 25.2 Å². The third-order valence-electron chi connectivity index (χ3n) is 5.92. The number of hydrogen-bond donors (Lipinski definition) is 1. The lowest BCUT2D eigenvalue weighted by molar-refractivity contribution is -0.123. The summed E-state index contributed by atoms with van der Waals surface area (Å²) < 4.78 is 16.4. The molecule has 0 spiro atoms. The van der Waals surface area contributed by atoms with E-state index in [-0.39, 0.29) is 12.5 Å². The number of pyridine rings is 1. The Morgan fingerprint density at radius 3 is 2.43 bits per heavy atom. The largest absolute Gasteiger partial charge is 0.491 e. The van der Waals surface area contributed by atoms with E-state index in [0.717, 1.165) is 45.4 Å². The molecule has 192 valence electrons. The van der Waals surface area contributed by atoms with Gasteiger partial charge in [0.15, 0.2) is 12.4 Å². The van der Waals surface area contributed by atoms with Gasteiger partial charge in [-0.3, -0.25) is 4.79 Å². The average Bonchev–Trinajstić information content (AvgIpc) is 2.91. The number of likely N-dealkylation sites (N-methyl/N-ethyl adjacent to an activating group) is 1. The molecule has 4 rings (SSSR count). The highest BCUT2D eigenvalue weighted by Gasteiger charge is 2.14. The van der Waals surface area contributed by atoms with Crippen LogP contribution in [0.4, 0.5) is 0 Å². The molecule has 2 aromatic heterocycles. The van der Waals surface area contributed by atoms with Gasteiger partial charge in [0.25, 0.3) is 11.8 Å². The Morgan fingerprint density at radius 1 is 0.946 bits per heavy atom. The van der Waals surface area contributed by atoms with E-state index >= 15 is 0 Å². The Balaban J connectivity index is 1.63. The monoisotopic (exact) mass is 501 g/mol. The molecule has 0 fully saturated rings. The second-order valence-electron chi connectivity index (χ2n) is 8.78. The molecule has 0 saturated carbocycles. The molecule has 9 nitrogen and oxygen atoms in total. The molecule has 0 atom stereocenters. The van der Waals surface area contributed by atoms with Gasteiger partial charge in [0, 0.05) is 41.5 Å². The van der Waals surface area contributed by atoms with Gasteiger partial charge in [0.2, 0.25) is 0 Å². The van der Waals surface area contributed by atoms with Gasteiger partial charge in [-0.05, 0) is 62.5 Å². The maximum atomic E-state index is 12.0. The first-order valence-electron chi connectivity index (χ1n) is 11.9. The van der Waals surface area contributed by atoms with E-state index in [1.807, 2.05) is 56.3 Å². The van der Waals surface area contributed by atoms with Crippen LogP contribution in [0, 0.1) is 6.92 Å². The lowest BCUT2D eigenvalue weighted by Crippen LogP contribution is -2.34. The normalized spacial score (nSPS) is 11.0. The summed E-state index contributed by atoms with van der Waals surface area (Å²) in [5, 5.41) is 3.79. The molecule has 37 heavy (non-hydrogen) atoms.